The first-order valence-electron chi connectivity index (χ1n) is 5.15. The van der Waals surface area contributed by atoms with Gasteiger partial charge in [-0.15, -0.1) is 0 Å². The standard InChI is InChI=1S/C10H16N2O3/c1-3-5-11-7-8(13)9(14)12(6-4-2)10(11)15/h7,13H,3-6H2,1-2H3. The average Bonchev–Trinajstić information content (AvgIpc) is 2.21. The number of aromatic hydroxyl groups is 1. The summed E-state index contributed by atoms with van der Waals surface area (Å²) >= 11 is 0. The summed E-state index contributed by atoms with van der Waals surface area (Å²) in [6.45, 7) is 4.66. The highest BCUT2D eigenvalue weighted by Gasteiger charge is 2.08. The van der Waals surface area contributed by atoms with Crippen molar-refractivity contribution in [2.75, 3.05) is 0 Å². The quantitative estimate of drug-likeness (QED) is 0.792. The maximum atomic E-state index is 11.7. The number of nitrogens with zero attached hydrogens (tertiary/aromatic N) is 2. The van der Waals surface area contributed by atoms with Crippen LogP contribution in [0.25, 0.3) is 0 Å². The van der Waals surface area contributed by atoms with Crippen LogP contribution in [0.1, 0.15) is 26.7 Å². The highest BCUT2D eigenvalue weighted by atomic mass is 16.3. The zero-order chi connectivity index (χ0) is 11.4. The van der Waals surface area contributed by atoms with Gasteiger partial charge < -0.3 is 5.11 Å². The molecule has 1 aromatic heterocycles. The summed E-state index contributed by atoms with van der Waals surface area (Å²) < 4.78 is 2.44. The number of hydrogen-bond acceptors (Lipinski definition) is 3. The first-order valence-corrected chi connectivity index (χ1v) is 5.15. The lowest BCUT2D eigenvalue weighted by molar-refractivity contribution is 0.429. The molecule has 0 aliphatic carbocycles. The van der Waals surface area contributed by atoms with Crippen molar-refractivity contribution in [3.63, 3.8) is 0 Å². The Bertz CT molecular complexity index is 445. The van der Waals surface area contributed by atoms with Crippen molar-refractivity contribution in [2.45, 2.75) is 39.8 Å². The van der Waals surface area contributed by atoms with Crippen LogP contribution in [0.2, 0.25) is 0 Å². The number of aryl methyl sites for hydroxylation is 1. The maximum Gasteiger partial charge on any atom is 0.331 e. The van der Waals surface area contributed by atoms with Gasteiger partial charge in [-0.25, -0.2) is 4.79 Å². The molecule has 1 rings (SSSR count). The molecule has 0 bridgehead atoms. The molecule has 0 unspecified atom stereocenters. The highest BCUT2D eigenvalue weighted by Crippen LogP contribution is 1.97. The fourth-order valence-electron chi connectivity index (χ4n) is 1.46. The fourth-order valence-corrected chi connectivity index (χ4v) is 1.46. The Labute approximate surface area is 87.6 Å². The molecule has 1 aromatic rings. The monoisotopic (exact) mass is 212 g/mol. The van der Waals surface area contributed by atoms with Crippen LogP contribution in [-0.4, -0.2) is 14.2 Å². The fraction of sp³-hybridized carbons (Fsp3) is 0.600. The van der Waals surface area contributed by atoms with E-state index in [1.807, 2.05) is 13.8 Å². The summed E-state index contributed by atoms with van der Waals surface area (Å²) in [4.78, 5) is 23.2. The van der Waals surface area contributed by atoms with Crippen molar-refractivity contribution >= 4 is 0 Å². The summed E-state index contributed by atoms with van der Waals surface area (Å²) in [5.41, 5.74) is -0.948. The molecule has 0 amide bonds. The molecule has 5 heteroatoms. The van der Waals surface area contributed by atoms with Crippen LogP contribution in [-0.2, 0) is 13.1 Å². The molecule has 5 nitrogen and oxygen atoms in total. The molecule has 0 aliphatic heterocycles. The summed E-state index contributed by atoms with van der Waals surface area (Å²) in [6, 6.07) is 0. The third kappa shape index (κ3) is 2.29. The van der Waals surface area contributed by atoms with Gasteiger partial charge in [-0.3, -0.25) is 13.9 Å². The molecule has 1 heterocycles. The zero-order valence-corrected chi connectivity index (χ0v) is 9.06. The maximum absolute atomic E-state index is 11.7. The van der Waals surface area contributed by atoms with Gasteiger partial charge in [-0.05, 0) is 12.8 Å². The Morgan fingerprint density at radius 1 is 1.20 bits per heavy atom. The van der Waals surface area contributed by atoms with Crippen molar-refractivity contribution < 1.29 is 5.11 Å². The van der Waals surface area contributed by atoms with Gasteiger partial charge in [0.05, 0.1) is 6.20 Å². The summed E-state index contributed by atoms with van der Waals surface area (Å²) in [5, 5.41) is 9.37. The average molecular weight is 212 g/mol. The Morgan fingerprint density at radius 2 is 1.80 bits per heavy atom. The van der Waals surface area contributed by atoms with Gasteiger partial charge in [-0.2, -0.15) is 0 Å². The van der Waals surface area contributed by atoms with Crippen LogP contribution in [0.4, 0.5) is 0 Å². The Balaban J connectivity index is 3.35. The predicted octanol–water partition coefficient (Wildman–Crippen LogP) is 0.536. The van der Waals surface area contributed by atoms with Crippen LogP contribution in [0, 0.1) is 0 Å². The molecular weight excluding hydrogens is 196 g/mol. The topological polar surface area (TPSA) is 64.2 Å². The van der Waals surface area contributed by atoms with Crippen molar-refractivity contribution in [3.8, 4) is 5.75 Å². The molecule has 0 spiro atoms. The predicted molar refractivity (Wildman–Crippen MR) is 57.2 cm³/mol. The van der Waals surface area contributed by atoms with E-state index in [2.05, 4.69) is 0 Å². The highest BCUT2D eigenvalue weighted by molar-refractivity contribution is 5.10. The summed E-state index contributed by atoms with van der Waals surface area (Å²) in [5.74, 6) is -0.364. The largest absolute Gasteiger partial charge is 0.502 e. The van der Waals surface area contributed by atoms with E-state index in [0.717, 1.165) is 11.0 Å². The molecule has 84 valence electrons. The van der Waals surface area contributed by atoms with Gasteiger partial charge in [0.2, 0.25) is 0 Å². The van der Waals surface area contributed by atoms with Gasteiger partial charge in [0.15, 0.2) is 5.75 Å². The minimum absolute atomic E-state index is 0.343. The van der Waals surface area contributed by atoms with E-state index in [-0.39, 0.29) is 11.4 Å². The Hall–Kier alpha value is -1.52. The summed E-state index contributed by atoms with van der Waals surface area (Å²) in [6.07, 6.45) is 2.68. The lowest BCUT2D eigenvalue weighted by Crippen LogP contribution is -2.39. The molecule has 0 atom stereocenters. The van der Waals surface area contributed by atoms with Crippen molar-refractivity contribution in [1.82, 2.24) is 9.13 Å². The van der Waals surface area contributed by atoms with Gasteiger partial charge in [0.1, 0.15) is 0 Å². The Morgan fingerprint density at radius 3 is 2.33 bits per heavy atom. The first-order chi connectivity index (χ1) is 7.11. The van der Waals surface area contributed by atoms with E-state index >= 15 is 0 Å². The Kier molecular flexibility index (Phi) is 3.71. The molecule has 0 radical (unpaired) electrons. The third-order valence-corrected chi connectivity index (χ3v) is 2.13. The van der Waals surface area contributed by atoms with Crippen LogP contribution < -0.4 is 11.2 Å². The van der Waals surface area contributed by atoms with Crippen molar-refractivity contribution in [1.29, 1.82) is 0 Å². The van der Waals surface area contributed by atoms with Crippen LogP contribution in [0.15, 0.2) is 15.8 Å². The van der Waals surface area contributed by atoms with Crippen LogP contribution >= 0.6 is 0 Å². The molecule has 0 saturated carbocycles. The van der Waals surface area contributed by atoms with Gasteiger partial charge in [0.25, 0.3) is 5.56 Å². The smallest absolute Gasteiger partial charge is 0.331 e. The molecular formula is C10H16N2O3. The second-order valence-corrected chi connectivity index (χ2v) is 3.45. The van der Waals surface area contributed by atoms with Crippen LogP contribution in [0.3, 0.4) is 0 Å². The molecule has 0 fully saturated rings. The van der Waals surface area contributed by atoms with E-state index in [9.17, 15) is 14.7 Å². The minimum atomic E-state index is -0.603. The van der Waals surface area contributed by atoms with Crippen molar-refractivity contribution in [2.24, 2.45) is 0 Å². The molecule has 0 aromatic carbocycles. The van der Waals surface area contributed by atoms with E-state index in [4.69, 9.17) is 0 Å². The third-order valence-electron chi connectivity index (χ3n) is 2.13. The molecule has 0 saturated heterocycles. The molecule has 0 aliphatic rings. The minimum Gasteiger partial charge on any atom is -0.502 e. The molecule has 1 N–H and O–H groups in total. The summed E-state index contributed by atoms with van der Waals surface area (Å²) in [7, 11) is 0. The lowest BCUT2D eigenvalue weighted by Gasteiger charge is -2.08. The lowest BCUT2D eigenvalue weighted by atomic mass is 10.4. The SMILES string of the molecule is CCCn1cc(O)c(=O)n(CCC)c1=O. The second-order valence-electron chi connectivity index (χ2n) is 3.45. The normalized spacial score (nSPS) is 10.5. The van der Waals surface area contributed by atoms with Crippen LogP contribution in [0.5, 0.6) is 5.75 Å². The van der Waals surface area contributed by atoms with Gasteiger partial charge in [-0.1, -0.05) is 13.8 Å². The van der Waals surface area contributed by atoms with Gasteiger partial charge in [0, 0.05) is 13.1 Å². The van der Waals surface area contributed by atoms with E-state index in [1.54, 1.807) is 0 Å². The number of rotatable bonds is 4. The van der Waals surface area contributed by atoms with E-state index in [0.29, 0.717) is 19.5 Å². The molecule has 15 heavy (non-hydrogen) atoms. The van der Waals surface area contributed by atoms with Crippen molar-refractivity contribution in [3.05, 3.63) is 27.0 Å². The zero-order valence-electron chi connectivity index (χ0n) is 9.06. The van der Waals surface area contributed by atoms with E-state index < -0.39 is 5.56 Å². The number of aromatic nitrogens is 2. The van der Waals surface area contributed by atoms with Gasteiger partial charge >= 0.3 is 5.69 Å². The first kappa shape index (κ1) is 11.6. The van der Waals surface area contributed by atoms with E-state index in [1.165, 1.54) is 10.8 Å². The number of hydrogen-bond donors (Lipinski definition) is 1. The second kappa shape index (κ2) is 4.82.